The molecule has 0 unspecified atom stereocenters. The Hall–Kier alpha value is -3.81. The van der Waals surface area contributed by atoms with Crippen molar-refractivity contribution < 1.29 is 21.4 Å². The smallest absolute Gasteiger partial charge is 0.261 e. The van der Waals surface area contributed by atoms with Gasteiger partial charge in [0.2, 0.25) is 10.0 Å². The normalized spacial score (nSPS) is 11.8. The Kier molecular flexibility index (Phi) is 9.20. The molecule has 0 radical (unpaired) electrons. The second-order valence-electron chi connectivity index (χ2n) is 8.59. The Morgan fingerprint density at radius 2 is 1.50 bits per heavy atom. The lowest BCUT2D eigenvalue weighted by Gasteiger charge is -2.14. The van der Waals surface area contributed by atoms with Crippen LogP contribution in [0.15, 0.2) is 77.1 Å². The molecule has 4 aromatic rings. The van der Waals surface area contributed by atoms with Crippen LogP contribution < -0.4 is 10.0 Å². The van der Waals surface area contributed by atoms with Gasteiger partial charge in [-0.2, -0.15) is 8.42 Å². The molecule has 1 aromatic heterocycles. The number of para-hydroxylation sites is 1. The molecular formula is C25H30N6O5S2. The summed E-state index contributed by atoms with van der Waals surface area (Å²) >= 11 is 0. The molecular weight excluding hydrogens is 528 g/mol. The molecule has 0 spiro atoms. The first-order valence-corrected chi connectivity index (χ1v) is 15.3. The molecule has 202 valence electrons. The molecule has 3 aromatic carbocycles. The van der Waals surface area contributed by atoms with Crippen LogP contribution in [0.1, 0.15) is 13.3 Å². The Balaban J connectivity index is 0.000000732. The number of rotatable bonds is 8. The summed E-state index contributed by atoms with van der Waals surface area (Å²) in [5, 5.41) is 15.8. The van der Waals surface area contributed by atoms with E-state index in [0.717, 1.165) is 58.1 Å². The molecule has 0 bridgehead atoms. The zero-order chi connectivity index (χ0) is 27.9. The summed E-state index contributed by atoms with van der Waals surface area (Å²) in [5.41, 5.74) is 4.66. The maximum atomic E-state index is 11.5. The van der Waals surface area contributed by atoms with Crippen molar-refractivity contribution in [2.75, 3.05) is 36.1 Å². The number of hydrogen-bond acceptors (Lipinski definition) is 8. The van der Waals surface area contributed by atoms with Gasteiger partial charge in [-0.3, -0.25) is 14.3 Å². The number of benzene rings is 3. The second kappa shape index (κ2) is 12.2. The van der Waals surface area contributed by atoms with Gasteiger partial charge in [0.15, 0.2) is 0 Å². The van der Waals surface area contributed by atoms with Crippen molar-refractivity contribution in [3.63, 3.8) is 0 Å². The highest BCUT2D eigenvalue weighted by atomic mass is 32.2. The first-order valence-electron chi connectivity index (χ1n) is 11.5. The maximum absolute atomic E-state index is 11.5. The first kappa shape index (κ1) is 28.8. The quantitative estimate of drug-likeness (QED) is 0.113. The van der Waals surface area contributed by atoms with Crippen molar-refractivity contribution in [1.82, 2.24) is 9.99 Å². The number of pyridine rings is 1. The number of hydrogen-bond donors (Lipinski definition) is 3. The molecule has 0 aliphatic rings. The summed E-state index contributed by atoms with van der Waals surface area (Å²) < 4.78 is 51.3. The Morgan fingerprint density at radius 3 is 2.13 bits per heavy atom. The van der Waals surface area contributed by atoms with E-state index in [9.17, 15) is 16.8 Å². The van der Waals surface area contributed by atoms with Gasteiger partial charge >= 0.3 is 0 Å². The van der Waals surface area contributed by atoms with Crippen LogP contribution in [-0.4, -0.2) is 57.5 Å². The van der Waals surface area contributed by atoms with Gasteiger partial charge in [-0.25, -0.2) is 13.4 Å². The van der Waals surface area contributed by atoms with E-state index >= 15 is 0 Å². The van der Waals surface area contributed by atoms with Crippen LogP contribution in [0.4, 0.5) is 22.7 Å². The fraction of sp³-hybridized carbons (Fsp3) is 0.240. The van der Waals surface area contributed by atoms with Crippen molar-refractivity contribution in [2.45, 2.75) is 13.3 Å². The monoisotopic (exact) mass is 558 g/mol. The summed E-state index contributed by atoms with van der Waals surface area (Å²) in [7, 11) is -5.09. The van der Waals surface area contributed by atoms with Crippen LogP contribution in [0.2, 0.25) is 0 Å². The zero-order valence-electron chi connectivity index (χ0n) is 21.5. The van der Waals surface area contributed by atoms with E-state index < -0.39 is 20.1 Å². The van der Waals surface area contributed by atoms with Crippen molar-refractivity contribution >= 4 is 64.7 Å². The van der Waals surface area contributed by atoms with Crippen molar-refractivity contribution in [3.05, 3.63) is 66.7 Å². The van der Waals surface area contributed by atoms with Crippen LogP contribution >= 0.6 is 0 Å². The molecule has 0 saturated heterocycles. The maximum Gasteiger partial charge on any atom is 0.261 e. The van der Waals surface area contributed by atoms with Crippen LogP contribution in [0.5, 0.6) is 0 Å². The molecule has 0 aliphatic heterocycles. The van der Waals surface area contributed by atoms with Crippen molar-refractivity contribution in [1.29, 1.82) is 0 Å². The molecule has 3 N–H and O–H groups in total. The highest BCUT2D eigenvalue weighted by Crippen LogP contribution is 2.35. The average Bonchev–Trinajstić information content (AvgIpc) is 2.82. The van der Waals surface area contributed by atoms with E-state index in [2.05, 4.69) is 27.3 Å². The summed E-state index contributed by atoms with van der Waals surface area (Å²) in [6.07, 6.45) is 2.85. The first-order chi connectivity index (χ1) is 17.8. The lowest BCUT2D eigenvalue weighted by molar-refractivity contribution is 0.332. The average molecular weight is 559 g/mol. The highest BCUT2D eigenvalue weighted by Gasteiger charge is 2.11. The van der Waals surface area contributed by atoms with E-state index in [0.29, 0.717) is 11.9 Å². The molecule has 0 saturated carbocycles. The summed E-state index contributed by atoms with van der Waals surface area (Å²) in [6, 6.07) is 20.9. The Bertz CT molecular complexity index is 1650. The van der Waals surface area contributed by atoms with E-state index in [1.54, 1.807) is 12.1 Å². The molecule has 4 rings (SSSR count). The second-order valence-corrected chi connectivity index (χ2v) is 11.8. The third-order valence-corrected chi connectivity index (χ3v) is 5.59. The number of fused-ring (bicyclic) bond motifs is 2. The van der Waals surface area contributed by atoms with Crippen LogP contribution in [0.3, 0.4) is 0 Å². The number of aromatic nitrogens is 1. The topological polar surface area (TPSA) is 153 Å². The summed E-state index contributed by atoms with van der Waals surface area (Å²) in [6.45, 7) is 2.94. The molecule has 0 fully saturated rings. The van der Waals surface area contributed by atoms with Crippen molar-refractivity contribution in [3.8, 4) is 0 Å². The van der Waals surface area contributed by atoms with Crippen molar-refractivity contribution in [2.24, 2.45) is 10.3 Å². The van der Waals surface area contributed by atoms with Gasteiger partial charge in [0.25, 0.3) is 10.1 Å². The van der Waals surface area contributed by atoms with Crippen LogP contribution in [0, 0.1) is 0 Å². The number of nitrogens with zero attached hydrogens (tertiary/aromatic N) is 4. The van der Waals surface area contributed by atoms with Gasteiger partial charge < -0.3 is 5.32 Å². The minimum Gasteiger partial charge on any atom is -0.354 e. The minimum atomic E-state index is -3.67. The number of nitrogens with one attached hydrogen (secondary N) is 2. The van der Waals surface area contributed by atoms with Gasteiger partial charge in [-0.05, 0) is 55.0 Å². The summed E-state index contributed by atoms with van der Waals surface area (Å²) in [4.78, 5) is 4.83. The van der Waals surface area contributed by atoms with Crippen LogP contribution in [0.25, 0.3) is 21.8 Å². The summed E-state index contributed by atoms with van der Waals surface area (Å²) in [5.74, 6) is 0. The molecule has 1 heterocycles. The fourth-order valence-corrected chi connectivity index (χ4v) is 4.12. The lowest BCUT2D eigenvalue weighted by Crippen LogP contribution is -2.10. The van der Waals surface area contributed by atoms with Gasteiger partial charge in [-0.1, -0.05) is 30.3 Å². The minimum absolute atomic E-state index is 0.510. The molecule has 38 heavy (non-hydrogen) atoms. The lowest BCUT2D eigenvalue weighted by atomic mass is 10.1. The molecule has 0 amide bonds. The third-order valence-electron chi connectivity index (χ3n) is 4.98. The standard InChI is InChI=1S/C24H26N6O2S.CH4O3S/c1-4-15-30(2)29-27-19-13-14-21-23(16-19)26-22-8-6-5-7-20(22)24(21)25-17-9-11-18(12-10-17)28-33(3,31)32;1-5(2,3)4/h5-14,16,28H,4,15H2,1-3H3,(H,25,26);1H3,(H,2,3,4). The Morgan fingerprint density at radius 1 is 0.895 bits per heavy atom. The molecule has 13 heteroatoms. The number of anilines is 3. The van der Waals surface area contributed by atoms with Gasteiger partial charge in [-0.15, -0.1) is 5.11 Å². The van der Waals surface area contributed by atoms with E-state index in [4.69, 9.17) is 9.54 Å². The zero-order valence-corrected chi connectivity index (χ0v) is 23.1. The van der Waals surface area contributed by atoms with Gasteiger partial charge in [0.1, 0.15) is 0 Å². The highest BCUT2D eigenvalue weighted by molar-refractivity contribution is 7.92. The van der Waals surface area contributed by atoms with Gasteiger partial charge in [0, 0.05) is 35.7 Å². The van der Waals surface area contributed by atoms with Crippen LogP contribution in [-0.2, 0) is 20.1 Å². The molecule has 0 atom stereocenters. The third kappa shape index (κ3) is 8.94. The van der Waals surface area contributed by atoms with E-state index in [1.807, 2.05) is 66.7 Å². The fourth-order valence-electron chi connectivity index (χ4n) is 3.55. The van der Waals surface area contributed by atoms with Gasteiger partial charge in [0.05, 0.1) is 34.9 Å². The van der Waals surface area contributed by atoms with E-state index in [1.165, 1.54) is 0 Å². The number of sulfonamides is 1. The molecule has 0 aliphatic carbocycles. The SMILES string of the molecule is CCCN(C)N=Nc1ccc2c(Nc3ccc(NS(C)(=O)=O)cc3)c3ccccc3nc2c1.CS(=O)(=O)O. The molecule has 11 nitrogen and oxygen atoms in total. The predicted octanol–water partition coefficient (Wildman–Crippen LogP) is 5.35. The largest absolute Gasteiger partial charge is 0.354 e. The Labute approximate surface area is 222 Å². The van der Waals surface area contributed by atoms with E-state index in [-0.39, 0.29) is 0 Å². The predicted molar refractivity (Wildman–Crippen MR) is 152 cm³/mol.